The molecule has 16 heavy (non-hydrogen) atoms. The predicted molar refractivity (Wildman–Crippen MR) is 47.3 cm³/mol. The molecule has 0 radical (unpaired) electrons. The molecule has 0 aliphatic carbocycles. The van der Waals surface area contributed by atoms with Gasteiger partial charge >= 0.3 is 11.8 Å². The molecule has 5 nitrogen and oxygen atoms in total. The normalized spacial score (nSPS) is 9.75. The van der Waals surface area contributed by atoms with Crippen molar-refractivity contribution in [2.24, 2.45) is 5.84 Å². The fourth-order valence-corrected chi connectivity index (χ4v) is 0.892. The van der Waals surface area contributed by atoms with Gasteiger partial charge in [-0.1, -0.05) is 0 Å². The number of hydrogen-bond donors (Lipinski definition) is 3. The lowest BCUT2D eigenvalue weighted by molar-refractivity contribution is -0.136. The Kier molecular flexibility index (Phi) is 3.46. The van der Waals surface area contributed by atoms with E-state index in [2.05, 4.69) is 5.84 Å². The van der Waals surface area contributed by atoms with E-state index < -0.39 is 35.0 Å². The highest BCUT2D eigenvalue weighted by molar-refractivity contribution is 6.39. The van der Waals surface area contributed by atoms with Crippen molar-refractivity contribution < 1.29 is 22.8 Å². The van der Waals surface area contributed by atoms with Crippen LogP contribution in [0, 0.1) is 17.5 Å². The number of hydrogen-bond acceptors (Lipinski definition) is 3. The molecule has 0 spiro atoms. The van der Waals surface area contributed by atoms with Gasteiger partial charge in [0.15, 0.2) is 11.6 Å². The molecule has 0 aliphatic rings. The summed E-state index contributed by atoms with van der Waals surface area (Å²) in [5.41, 5.74) is 0.687. The van der Waals surface area contributed by atoms with E-state index in [0.29, 0.717) is 12.1 Å². The molecule has 0 aromatic heterocycles. The van der Waals surface area contributed by atoms with Crippen molar-refractivity contribution in [2.45, 2.75) is 0 Å². The van der Waals surface area contributed by atoms with Gasteiger partial charge in [0.2, 0.25) is 0 Å². The maximum atomic E-state index is 13.0. The molecule has 0 bridgehead atoms. The van der Waals surface area contributed by atoms with Crippen LogP contribution >= 0.6 is 0 Å². The first-order chi connectivity index (χ1) is 7.45. The lowest BCUT2D eigenvalue weighted by atomic mass is 10.2. The predicted octanol–water partition coefficient (Wildman–Crippen LogP) is 0.0323. The maximum Gasteiger partial charge on any atom is 0.323 e. The van der Waals surface area contributed by atoms with E-state index in [4.69, 9.17) is 0 Å². The summed E-state index contributed by atoms with van der Waals surface area (Å²) in [5, 5.41) is 1.66. The van der Waals surface area contributed by atoms with Crippen LogP contribution in [0.25, 0.3) is 0 Å². The Balaban J connectivity index is 2.97. The van der Waals surface area contributed by atoms with Crippen molar-refractivity contribution in [3.05, 3.63) is 29.6 Å². The lowest BCUT2D eigenvalue weighted by Crippen LogP contribution is -2.39. The van der Waals surface area contributed by atoms with Crippen LogP contribution < -0.4 is 16.6 Å². The van der Waals surface area contributed by atoms with Crippen LogP contribution in [-0.2, 0) is 9.59 Å². The van der Waals surface area contributed by atoms with Gasteiger partial charge in [-0.05, 0) is 0 Å². The standard InChI is InChI=1S/C8H6F3N3O2/c9-3-1-4(10)6(11)5(2-3)13-7(15)8(16)14-12/h1-2H,12H2,(H,13,15)(H,14,16). The van der Waals surface area contributed by atoms with Crippen LogP contribution in [0.1, 0.15) is 0 Å². The minimum atomic E-state index is -1.48. The SMILES string of the molecule is NNC(=O)C(=O)Nc1cc(F)cc(F)c1F. The molecule has 0 heterocycles. The number of hydrazine groups is 1. The van der Waals surface area contributed by atoms with Gasteiger partial charge in [-0.3, -0.25) is 15.0 Å². The second-order valence-electron chi connectivity index (χ2n) is 2.68. The second kappa shape index (κ2) is 4.62. The Hall–Kier alpha value is -2.09. The molecular weight excluding hydrogens is 227 g/mol. The van der Waals surface area contributed by atoms with E-state index in [-0.39, 0.29) is 0 Å². The zero-order chi connectivity index (χ0) is 12.3. The molecule has 0 fully saturated rings. The number of nitrogens with one attached hydrogen (secondary N) is 2. The molecule has 1 rings (SSSR count). The summed E-state index contributed by atoms with van der Waals surface area (Å²) < 4.78 is 38.3. The van der Waals surface area contributed by atoms with Gasteiger partial charge in [-0.2, -0.15) is 0 Å². The van der Waals surface area contributed by atoms with E-state index >= 15 is 0 Å². The minimum Gasteiger partial charge on any atom is -0.315 e. The summed E-state index contributed by atoms with van der Waals surface area (Å²) in [6.07, 6.45) is 0. The molecule has 2 amide bonds. The Bertz CT molecular complexity index is 450. The highest BCUT2D eigenvalue weighted by atomic mass is 19.2. The monoisotopic (exact) mass is 233 g/mol. The van der Waals surface area contributed by atoms with Crippen molar-refractivity contribution in [2.75, 3.05) is 5.32 Å². The van der Waals surface area contributed by atoms with Crippen LogP contribution in [-0.4, -0.2) is 11.8 Å². The summed E-state index contributed by atoms with van der Waals surface area (Å²) in [5.74, 6) is -2.04. The molecule has 8 heteroatoms. The smallest absolute Gasteiger partial charge is 0.315 e. The van der Waals surface area contributed by atoms with E-state index in [0.717, 1.165) is 0 Å². The van der Waals surface area contributed by atoms with Crippen molar-refractivity contribution in [3.8, 4) is 0 Å². The van der Waals surface area contributed by atoms with Crippen molar-refractivity contribution in [1.82, 2.24) is 5.43 Å². The summed E-state index contributed by atoms with van der Waals surface area (Å²) in [6.45, 7) is 0. The molecule has 0 atom stereocenters. The molecule has 0 aliphatic heterocycles. The highest BCUT2D eigenvalue weighted by Crippen LogP contribution is 2.18. The molecule has 1 aromatic rings. The second-order valence-corrected chi connectivity index (χ2v) is 2.68. The Morgan fingerprint density at radius 1 is 1.12 bits per heavy atom. The Morgan fingerprint density at radius 3 is 2.31 bits per heavy atom. The first-order valence-corrected chi connectivity index (χ1v) is 3.92. The lowest BCUT2D eigenvalue weighted by Gasteiger charge is -2.05. The number of rotatable bonds is 1. The van der Waals surface area contributed by atoms with E-state index in [1.54, 1.807) is 5.32 Å². The van der Waals surface area contributed by atoms with Crippen LogP contribution in [0.4, 0.5) is 18.9 Å². The van der Waals surface area contributed by atoms with Crippen LogP contribution in [0.15, 0.2) is 12.1 Å². The van der Waals surface area contributed by atoms with Gasteiger partial charge in [-0.25, -0.2) is 19.0 Å². The first-order valence-electron chi connectivity index (χ1n) is 3.92. The van der Waals surface area contributed by atoms with E-state index in [1.165, 1.54) is 5.43 Å². The summed E-state index contributed by atoms with van der Waals surface area (Å²) >= 11 is 0. The molecule has 0 saturated carbocycles. The number of amides is 2. The molecule has 1 aromatic carbocycles. The number of anilines is 1. The molecule has 0 unspecified atom stereocenters. The minimum absolute atomic E-state index is 0.300. The summed E-state index contributed by atoms with van der Waals surface area (Å²) in [7, 11) is 0. The number of benzene rings is 1. The fraction of sp³-hybridized carbons (Fsp3) is 0. The van der Waals surface area contributed by atoms with Gasteiger partial charge in [0, 0.05) is 12.1 Å². The quantitative estimate of drug-likeness (QED) is 0.210. The van der Waals surface area contributed by atoms with Gasteiger partial charge in [-0.15, -0.1) is 0 Å². The van der Waals surface area contributed by atoms with Crippen LogP contribution in [0.3, 0.4) is 0 Å². The van der Waals surface area contributed by atoms with Gasteiger partial charge < -0.3 is 5.32 Å². The number of halogens is 3. The van der Waals surface area contributed by atoms with E-state index in [9.17, 15) is 22.8 Å². The van der Waals surface area contributed by atoms with Crippen LogP contribution in [0.5, 0.6) is 0 Å². The van der Waals surface area contributed by atoms with Gasteiger partial charge in [0.25, 0.3) is 0 Å². The Morgan fingerprint density at radius 2 is 1.75 bits per heavy atom. The van der Waals surface area contributed by atoms with Crippen molar-refractivity contribution in [1.29, 1.82) is 0 Å². The van der Waals surface area contributed by atoms with Gasteiger partial charge in [0.05, 0.1) is 5.69 Å². The number of carbonyl (C=O) groups is 2. The van der Waals surface area contributed by atoms with Crippen molar-refractivity contribution in [3.63, 3.8) is 0 Å². The van der Waals surface area contributed by atoms with Gasteiger partial charge in [0.1, 0.15) is 5.82 Å². The zero-order valence-corrected chi connectivity index (χ0v) is 7.68. The topological polar surface area (TPSA) is 84.2 Å². The largest absolute Gasteiger partial charge is 0.323 e. The maximum absolute atomic E-state index is 13.0. The van der Waals surface area contributed by atoms with E-state index in [1.807, 2.05) is 0 Å². The Labute approximate surface area is 87.4 Å². The number of carbonyl (C=O) groups excluding carboxylic acids is 2. The summed E-state index contributed by atoms with van der Waals surface area (Å²) in [6, 6.07) is 0.827. The number of nitrogens with two attached hydrogens (primary N) is 1. The highest BCUT2D eigenvalue weighted by Gasteiger charge is 2.17. The molecular formula is C8H6F3N3O2. The summed E-state index contributed by atoms with van der Waals surface area (Å²) in [4.78, 5) is 21.5. The third-order valence-electron chi connectivity index (χ3n) is 1.58. The van der Waals surface area contributed by atoms with Crippen molar-refractivity contribution >= 4 is 17.5 Å². The zero-order valence-electron chi connectivity index (χ0n) is 7.68. The van der Waals surface area contributed by atoms with Crippen LogP contribution in [0.2, 0.25) is 0 Å². The third-order valence-corrected chi connectivity index (χ3v) is 1.58. The average Bonchev–Trinajstić information content (AvgIpc) is 2.23. The molecule has 4 N–H and O–H groups in total. The third kappa shape index (κ3) is 2.48. The molecule has 0 saturated heterocycles. The fourth-order valence-electron chi connectivity index (χ4n) is 0.892. The molecule has 86 valence electrons. The first kappa shape index (κ1) is 12.0. The average molecular weight is 233 g/mol.